The normalized spacial score (nSPS) is 12.6. The summed E-state index contributed by atoms with van der Waals surface area (Å²) in [5.41, 5.74) is 3.68. The number of alkyl halides is 3. The van der Waals surface area contributed by atoms with Gasteiger partial charge in [0, 0.05) is 5.69 Å². The lowest BCUT2D eigenvalue weighted by molar-refractivity contribution is -0.137. The van der Waals surface area contributed by atoms with E-state index in [1.165, 1.54) is 12.1 Å². The number of rotatable bonds is 4. The highest BCUT2D eigenvalue weighted by Gasteiger charge is 2.34. The van der Waals surface area contributed by atoms with E-state index in [1.54, 1.807) is 6.92 Å². The van der Waals surface area contributed by atoms with E-state index >= 15 is 0 Å². The van der Waals surface area contributed by atoms with E-state index in [4.69, 9.17) is 11.0 Å². The van der Waals surface area contributed by atoms with E-state index in [-0.39, 0.29) is 5.69 Å². The number of nitrogens with one attached hydrogen (secondary N) is 1. The maximum Gasteiger partial charge on any atom is 0.417 e. The van der Waals surface area contributed by atoms with Gasteiger partial charge in [0.1, 0.15) is 6.04 Å². The highest BCUT2D eigenvalue weighted by molar-refractivity contribution is 5.82. The molecular weight excluding hydrogens is 259 g/mol. The van der Waals surface area contributed by atoms with Gasteiger partial charge < -0.3 is 11.1 Å². The molecule has 4 nitrogen and oxygen atoms in total. The molecule has 0 heterocycles. The lowest BCUT2D eigenvalue weighted by Gasteiger charge is -2.16. The molecule has 0 fully saturated rings. The van der Waals surface area contributed by atoms with Crippen LogP contribution in [-0.2, 0) is 11.0 Å². The molecule has 0 saturated carbocycles. The van der Waals surface area contributed by atoms with Crippen LogP contribution in [0.3, 0.4) is 0 Å². The fourth-order valence-electron chi connectivity index (χ4n) is 1.54. The molecule has 1 amide bonds. The quantitative estimate of drug-likeness (QED) is 0.881. The molecule has 0 radical (unpaired) electrons. The summed E-state index contributed by atoms with van der Waals surface area (Å²) in [6, 6.07) is 3.88. The van der Waals surface area contributed by atoms with Crippen molar-refractivity contribution in [3.05, 3.63) is 29.3 Å². The van der Waals surface area contributed by atoms with Crippen molar-refractivity contribution < 1.29 is 18.0 Å². The van der Waals surface area contributed by atoms with Crippen LogP contribution >= 0.6 is 0 Å². The summed E-state index contributed by atoms with van der Waals surface area (Å²) in [6.45, 7) is 1.68. The van der Waals surface area contributed by atoms with Crippen molar-refractivity contribution >= 4 is 11.6 Å². The molecule has 0 saturated heterocycles. The summed E-state index contributed by atoms with van der Waals surface area (Å²) in [4.78, 5) is 11.0. The molecule has 0 aliphatic heterocycles. The number of halogens is 3. The maximum atomic E-state index is 12.7. The molecule has 0 aliphatic carbocycles. The summed E-state index contributed by atoms with van der Waals surface area (Å²) in [6.07, 6.45) is -4.28. The average molecular weight is 271 g/mol. The number of amides is 1. The highest BCUT2D eigenvalue weighted by atomic mass is 19.4. The Balaban J connectivity index is 3.13. The third-order valence-electron chi connectivity index (χ3n) is 2.54. The van der Waals surface area contributed by atoms with Crippen molar-refractivity contribution in [2.24, 2.45) is 5.73 Å². The Hall–Kier alpha value is -2.23. The van der Waals surface area contributed by atoms with E-state index in [1.807, 2.05) is 0 Å². The summed E-state index contributed by atoms with van der Waals surface area (Å²) in [5.74, 6) is -0.652. The van der Waals surface area contributed by atoms with E-state index < -0.39 is 29.3 Å². The number of anilines is 1. The number of carbonyl (C=O) groups is 1. The third kappa shape index (κ3) is 3.61. The minimum atomic E-state index is -4.63. The lowest BCUT2D eigenvalue weighted by atomic mass is 10.1. The molecule has 3 N–H and O–H groups in total. The van der Waals surface area contributed by atoms with Gasteiger partial charge in [0.25, 0.3) is 0 Å². The van der Waals surface area contributed by atoms with Gasteiger partial charge in [0.15, 0.2) is 0 Å². The summed E-state index contributed by atoms with van der Waals surface area (Å²) in [5, 5.41) is 11.3. The van der Waals surface area contributed by atoms with Crippen molar-refractivity contribution in [2.45, 2.75) is 25.6 Å². The fraction of sp³-hybridized carbons (Fsp3) is 0.333. The zero-order valence-electron chi connectivity index (χ0n) is 10.1. The molecule has 1 aromatic carbocycles. The van der Waals surface area contributed by atoms with Crippen LogP contribution in [0.25, 0.3) is 0 Å². The minimum Gasteiger partial charge on any atom is -0.374 e. The number of hydrogen-bond donors (Lipinski definition) is 2. The standard InChI is InChI=1S/C12H12F3N3O/c1-2-10(11(17)19)18-8-4-3-7(6-16)9(5-8)12(13,14)15/h3-5,10,18H,2H2,1H3,(H2,17,19). The number of primary amides is 1. The molecule has 102 valence electrons. The Labute approximate surface area is 108 Å². The molecular formula is C12H12F3N3O. The maximum absolute atomic E-state index is 12.7. The van der Waals surface area contributed by atoms with Crippen molar-refractivity contribution in [1.82, 2.24) is 0 Å². The van der Waals surface area contributed by atoms with Gasteiger partial charge in [-0.1, -0.05) is 6.92 Å². The van der Waals surface area contributed by atoms with Crippen molar-refractivity contribution in [3.8, 4) is 6.07 Å². The molecule has 1 unspecified atom stereocenters. The summed E-state index contributed by atoms with van der Waals surface area (Å²) >= 11 is 0. The molecule has 0 bridgehead atoms. The number of hydrogen-bond acceptors (Lipinski definition) is 3. The smallest absolute Gasteiger partial charge is 0.374 e. The van der Waals surface area contributed by atoms with Gasteiger partial charge >= 0.3 is 6.18 Å². The first-order valence-electron chi connectivity index (χ1n) is 5.46. The van der Waals surface area contributed by atoms with Crippen molar-refractivity contribution in [2.75, 3.05) is 5.32 Å². The second-order valence-electron chi connectivity index (χ2n) is 3.88. The SMILES string of the molecule is CCC(Nc1ccc(C#N)c(C(F)(F)F)c1)C(N)=O. The second-order valence-corrected chi connectivity index (χ2v) is 3.88. The van der Waals surface area contributed by atoms with Crippen LogP contribution in [0.15, 0.2) is 18.2 Å². The van der Waals surface area contributed by atoms with E-state index in [9.17, 15) is 18.0 Å². The Morgan fingerprint density at radius 2 is 2.16 bits per heavy atom. The topological polar surface area (TPSA) is 78.9 Å². The number of benzene rings is 1. The van der Waals surface area contributed by atoms with Gasteiger partial charge in [-0.05, 0) is 24.6 Å². The van der Waals surface area contributed by atoms with E-state index in [2.05, 4.69) is 5.32 Å². The lowest BCUT2D eigenvalue weighted by Crippen LogP contribution is -2.34. The van der Waals surface area contributed by atoms with Crippen LogP contribution in [0.1, 0.15) is 24.5 Å². The van der Waals surface area contributed by atoms with E-state index in [0.29, 0.717) is 6.42 Å². The molecule has 0 aliphatic rings. The first-order valence-corrected chi connectivity index (χ1v) is 5.46. The first kappa shape index (κ1) is 14.8. The zero-order valence-corrected chi connectivity index (χ0v) is 10.1. The second kappa shape index (κ2) is 5.61. The largest absolute Gasteiger partial charge is 0.417 e. The highest BCUT2D eigenvalue weighted by Crippen LogP contribution is 2.33. The average Bonchev–Trinajstić information content (AvgIpc) is 2.34. The van der Waals surface area contributed by atoms with Gasteiger partial charge in [-0.2, -0.15) is 18.4 Å². The summed E-state index contributed by atoms with van der Waals surface area (Å²) in [7, 11) is 0. The Bertz CT molecular complexity index is 520. The molecule has 19 heavy (non-hydrogen) atoms. The fourth-order valence-corrected chi connectivity index (χ4v) is 1.54. The molecule has 0 aromatic heterocycles. The Morgan fingerprint density at radius 1 is 1.53 bits per heavy atom. The predicted molar refractivity (Wildman–Crippen MR) is 63.1 cm³/mol. The molecule has 7 heteroatoms. The van der Waals surface area contributed by atoms with Gasteiger partial charge in [0.05, 0.1) is 17.2 Å². The predicted octanol–water partition coefficient (Wildman–Crippen LogP) is 2.25. The summed E-state index contributed by atoms with van der Waals surface area (Å²) < 4.78 is 38.2. The molecule has 1 aromatic rings. The molecule has 0 spiro atoms. The van der Waals surface area contributed by atoms with Crippen LogP contribution < -0.4 is 11.1 Å². The van der Waals surface area contributed by atoms with Crippen LogP contribution in [0, 0.1) is 11.3 Å². The van der Waals surface area contributed by atoms with Gasteiger partial charge in [0.2, 0.25) is 5.91 Å². The van der Waals surface area contributed by atoms with Crippen LogP contribution in [-0.4, -0.2) is 11.9 Å². The van der Waals surface area contributed by atoms with Gasteiger partial charge in [-0.25, -0.2) is 0 Å². The monoisotopic (exact) mass is 271 g/mol. The van der Waals surface area contributed by atoms with Crippen LogP contribution in [0.5, 0.6) is 0 Å². The van der Waals surface area contributed by atoms with Crippen molar-refractivity contribution in [3.63, 3.8) is 0 Å². The van der Waals surface area contributed by atoms with E-state index in [0.717, 1.165) is 12.1 Å². The van der Waals surface area contributed by atoms with Gasteiger partial charge in [-0.3, -0.25) is 4.79 Å². The Morgan fingerprint density at radius 3 is 2.58 bits per heavy atom. The van der Waals surface area contributed by atoms with Crippen LogP contribution in [0.2, 0.25) is 0 Å². The zero-order chi connectivity index (χ0) is 14.6. The van der Waals surface area contributed by atoms with Crippen molar-refractivity contribution in [1.29, 1.82) is 5.26 Å². The van der Waals surface area contributed by atoms with Crippen LogP contribution in [0.4, 0.5) is 18.9 Å². The molecule has 1 atom stereocenters. The first-order chi connectivity index (χ1) is 8.79. The minimum absolute atomic E-state index is 0.0944. The van der Waals surface area contributed by atoms with Gasteiger partial charge in [-0.15, -0.1) is 0 Å². The molecule has 1 rings (SSSR count). The Kier molecular flexibility index (Phi) is 4.38. The number of nitriles is 1. The number of nitrogens with zero attached hydrogens (tertiary/aromatic N) is 1. The number of nitrogens with two attached hydrogens (primary N) is 1. The number of carbonyl (C=O) groups excluding carboxylic acids is 1. The third-order valence-corrected chi connectivity index (χ3v) is 2.54.